The van der Waals surface area contributed by atoms with E-state index >= 15 is 0 Å². The molecule has 0 bridgehead atoms. The van der Waals surface area contributed by atoms with Crippen molar-refractivity contribution in [3.05, 3.63) is 24.3 Å². The lowest BCUT2D eigenvalue weighted by atomic mass is 10.2. The van der Waals surface area contributed by atoms with Gasteiger partial charge in [-0.3, -0.25) is 14.6 Å². The number of piperazine rings is 1. The first-order valence-corrected chi connectivity index (χ1v) is 7.71. The number of nitrogens with zero attached hydrogens (tertiary/aromatic N) is 2. The normalized spacial score (nSPS) is 18.4. The Bertz CT molecular complexity index is 469. The number of rotatable bonds is 5. The highest BCUT2D eigenvalue weighted by molar-refractivity contribution is 5.95. The van der Waals surface area contributed by atoms with E-state index in [1.165, 1.54) is 6.42 Å². The lowest BCUT2D eigenvalue weighted by molar-refractivity contribution is -0.117. The molecule has 0 aromatic heterocycles. The van der Waals surface area contributed by atoms with Crippen molar-refractivity contribution in [3.63, 3.8) is 0 Å². The van der Waals surface area contributed by atoms with Gasteiger partial charge < -0.3 is 11.1 Å². The Hall–Kier alpha value is -1.59. The Morgan fingerprint density at radius 3 is 2.57 bits per heavy atom. The number of anilines is 2. The van der Waals surface area contributed by atoms with Crippen LogP contribution in [-0.4, -0.2) is 54.5 Å². The highest BCUT2D eigenvalue weighted by Gasteiger charge is 2.21. The zero-order chi connectivity index (χ0) is 15.2. The van der Waals surface area contributed by atoms with Crippen LogP contribution in [0.2, 0.25) is 0 Å². The molecular weight excluding hydrogens is 264 g/mol. The minimum Gasteiger partial charge on any atom is -0.397 e. The van der Waals surface area contributed by atoms with Crippen molar-refractivity contribution >= 4 is 17.3 Å². The summed E-state index contributed by atoms with van der Waals surface area (Å²) in [5.41, 5.74) is 7.13. The number of nitrogen functional groups attached to an aromatic ring is 1. The van der Waals surface area contributed by atoms with Crippen molar-refractivity contribution in [1.82, 2.24) is 9.80 Å². The van der Waals surface area contributed by atoms with Crippen LogP contribution in [-0.2, 0) is 4.79 Å². The van der Waals surface area contributed by atoms with Crippen LogP contribution < -0.4 is 11.1 Å². The van der Waals surface area contributed by atoms with E-state index in [1.54, 1.807) is 6.07 Å². The Morgan fingerprint density at radius 1 is 1.29 bits per heavy atom. The van der Waals surface area contributed by atoms with Crippen LogP contribution in [0.4, 0.5) is 11.4 Å². The van der Waals surface area contributed by atoms with Gasteiger partial charge in [0.05, 0.1) is 17.9 Å². The van der Waals surface area contributed by atoms with Crippen LogP contribution >= 0.6 is 0 Å². The fraction of sp³-hybridized carbons (Fsp3) is 0.562. The van der Waals surface area contributed by atoms with Crippen LogP contribution in [0.5, 0.6) is 0 Å². The van der Waals surface area contributed by atoms with E-state index < -0.39 is 0 Å². The third-order valence-electron chi connectivity index (χ3n) is 4.22. The Labute approximate surface area is 127 Å². The number of benzene rings is 1. The van der Waals surface area contributed by atoms with E-state index in [4.69, 9.17) is 5.73 Å². The first kappa shape index (κ1) is 15.8. The maximum atomic E-state index is 12.1. The summed E-state index contributed by atoms with van der Waals surface area (Å²) in [5.74, 6) is 0.00453. The first-order chi connectivity index (χ1) is 10.1. The number of carbonyl (C=O) groups excluding carboxylic acids is 1. The molecule has 1 atom stereocenters. The molecule has 1 aromatic carbocycles. The van der Waals surface area contributed by atoms with Crippen molar-refractivity contribution in [1.29, 1.82) is 0 Å². The van der Waals surface area contributed by atoms with Crippen LogP contribution in [0.1, 0.15) is 20.3 Å². The molecule has 0 aliphatic carbocycles. The molecule has 116 valence electrons. The number of carbonyl (C=O) groups is 1. The zero-order valence-electron chi connectivity index (χ0n) is 13.0. The zero-order valence-corrected chi connectivity index (χ0v) is 13.0. The van der Waals surface area contributed by atoms with Crippen molar-refractivity contribution in [3.8, 4) is 0 Å². The van der Waals surface area contributed by atoms with Crippen LogP contribution in [0.3, 0.4) is 0 Å². The van der Waals surface area contributed by atoms with Gasteiger partial charge in [0.1, 0.15) is 0 Å². The van der Waals surface area contributed by atoms with Crippen molar-refractivity contribution in [2.75, 3.05) is 43.8 Å². The quantitative estimate of drug-likeness (QED) is 0.809. The van der Waals surface area contributed by atoms with Crippen LogP contribution in [0.25, 0.3) is 0 Å². The smallest absolute Gasteiger partial charge is 0.238 e. The van der Waals surface area contributed by atoms with Crippen LogP contribution in [0, 0.1) is 0 Å². The maximum absolute atomic E-state index is 12.1. The molecule has 0 saturated carbocycles. The second kappa shape index (κ2) is 7.43. The molecule has 1 fully saturated rings. The summed E-state index contributed by atoms with van der Waals surface area (Å²) in [6, 6.07) is 7.98. The monoisotopic (exact) mass is 290 g/mol. The fourth-order valence-electron chi connectivity index (χ4n) is 2.62. The topological polar surface area (TPSA) is 61.6 Å². The largest absolute Gasteiger partial charge is 0.397 e. The van der Waals surface area contributed by atoms with Gasteiger partial charge in [-0.05, 0) is 25.5 Å². The van der Waals surface area contributed by atoms with Crippen molar-refractivity contribution in [2.45, 2.75) is 26.3 Å². The molecule has 3 N–H and O–H groups in total. The van der Waals surface area contributed by atoms with Gasteiger partial charge in [-0.2, -0.15) is 0 Å². The van der Waals surface area contributed by atoms with E-state index in [9.17, 15) is 4.79 Å². The van der Waals surface area contributed by atoms with Gasteiger partial charge in [-0.1, -0.05) is 19.1 Å². The highest BCUT2D eigenvalue weighted by Crippen LogP contribution is 2.16. The lowest BCUT2D eigenvalue weighted by Gasteiger charge is -2.37. The molecule has 1 aromatic rings. The molecule has 5 heteroatoms. The maximum Gasteiger partial charge on any atom is 0.238 e. The predicted octanol–water partition coefficient (Wildman–Crippen LogP) is 1.62. The average molecular weight is 290 g/mol. The predicted molar refractivity (Wildman–Crippen MR) is 87.3 cm³/mol. The Morgan fingerprint density at radius 2 is 1.95 bits per heavy atom. The fourth-order valence-corrected chi connectivity index (χ4v) is 2.62. The molecule has 0 spiro atoms. The van der Waals surface area contributed by atoms with Gasteiger partial charge in [0.15, 0.2) is 0 Å². The number of para-hydroxylation sites is 2. The van der Waals surface area contributed by atoms with E-state index in [0.717, 1.165) is 26.2 Å². The number of nitrogens with two attached hydrogens (primary N) is 1. The summed E-state index contributed by atoms with van der Waals surface area (Å²) in [4.78, 5) is 16.8. The third-order valence-corrected chi connectivity index (χ3v) is 4.22. The Kier molecular flexibility index (Phi) is 5.59. The molecule has 5 nitrogen and oxygen atoms in total. The van der Waals surface area contributed by atoms with Crippen molar-refractivity contribution in [2.24, 2.45) is 0 Å². The molecule has 1 aliphatic rings. The Balaban J connectivity index is 1.78. The summed E-state index contributed by atoms with van der Waals surface area (Å²) in [7, 11) is 0. The van der Waals surface area contributed by atoms with Gasteiger partial charge >= 0.3 is 0 Å². The molecule has 1 aliphatic heterocycles. The first-order valence-electron chi connectivity index (χ1n) is 7.71. The van der Waals surface area contributed by atoms with Gasteiger partial charge in [0, 0.05) is 32.2 Å². The number of amides is 1. The molecular formula is C16H26N4O. The van der Waals surface area contributed by atoms with Crippen molar-refractivity contribution < 1.29 is 4.79 Å². The summed E-state index contributed by atoms with van der Waals surface area (Å²) in [6.45, 7) is 8.88. The van der Waals surface area contributed by atoms with Gasteiger partial charge in [0.25, 0.3) is 0 Å². The van der Waals surface area contributed by atoms with E-state index in [2.05, 4.69) is 29.0 Å². The summed E-state index contributed by atoms with van der Waals surface area (Å²) in [5, 5.41) is 2.88. The molecule has 1 amide bonds. The minimum atomic E-state index is 0.00453. The number of hydrogen-bond acceptors (Lipinski definition) is 4. The minimum absolute atomic E-state index is 0.00453. The summed E-state index contributed by atoms with van der Waals surface area (Å²) < 4.78 is 0. The van der Waals surface area contributed by atoms with E-state index in [0.29, 0.717) is 24.0 Å². The molecule has 1 saturated heterocycles. The average Bonchev–Trinajstić information content (AvgIpc) is 2.49. The molecule has 21 heavy (non-hydrogen) atoms. The molecule has 1 heterocycles. The van der Waals surface area contributed by atoms with Gasteiger partial charge in [-0.15, -0.1) is 0 Å². The summed E-state index contributed by atoms with van der Waals surface area (Å²) in [6.07, 6.45) is 1.17. The second-order valence-electron chi connectivity index (χ2n) is 5.70. The highest BCUT2D eigenvalue weighted by atomic mass is 16.2. The van der Waals surface area contributed by atoms with Crippen LogP contribution in [0.15, 0.2) is 24.3 Å². The summed E-state index contributed by atoms with van der Waals surface area (Å²) >= 11 is 0. The number of nitrogens with one attached hydrogen (secondary N) is 1. The SMILES string of the molecule is CCC(C)N1CCN(CC(=O)Nc2ccccc2N)CC1. The lowest BCUT2D eigenvalue weighted by Crippen LogP contribution is -2.51. The molecule has 1 unspecified atom stereocenters. The molecule has 0 radical (unpaired) electrons. The second-order valence-corrected chi connectivity index (χ2v) is 5.70. The molecule has 2 rings (SSSR count). The van der Waals surface area contributed by atoms with E-state index in [-0.39, 0.29) is 5.91 Å². The van der Waals surface area contributed by atoms with Gasteiger partial charge in [-0.25, -0.2) is 0 Å². The standard InChI is InChI=1S/C16H26N4O/c1-3-13(2)20-10-8-19(9-11-20)12-16(21)18-15-7-5-4-6-14(15)17/h4-7,13H,3,8-12,17H2,1-2H3,(H,18,21). The van der Waals surface area contributed by atoms with E-state index in [1.807, 2.05) is 18.2 Å². The number of hydrogen-bond donors (Lipinski definition) is 2. The third kappa shape index (κ3) is 4.44. The van der Waals surface area contributed by atoms with Gasteiger partial charge in [0.2, 0.25) is 5.91 Å².